The van der Waals surface area contributed by atoms with Gasteiger partial charge in [0.15, 0.2) is 0 Å². The molecular formula is C15H11Cl2NO2. The SMILES string of the molecule is Cc1[nH]c2ccccc2c1-c1c(O)c(Cl)cc(O)c1Cl. The summed E-state index contributed by atoms with van der Waals surface area (Å²) in [6.45, 7) is 1.88. The van der Waals surface area contributed by atoms with E-state index in [1.165, 1.54) is 6.07 Å². The van der Waals surface area contributed by atoms with Crippen molar-refractivity contribution < 1.29 is 10.2 Å². The highest BCUT2D eigenvalue weighted by molar-refractivity contribution is 6.38. The third kappa shape index (κ3) is 1.82. The van der Waals surface area contributed by atoms with Crippen LogP contribution in [0.4, 0.5) is 0 Å². The molecule has 1 aromatic heterocycles. The van der Waals surface area contributed by atoms with Gasteiger partial charge < -0.3 is 15.2 Å². The van der Waals surface area contributed by atoms with Crippen LogP contribution in [0.5, 0.6) is 11.5 Å². The number of hydrogen-bond donors (Lipinski definition) is 3. The lowest BCUT2D eigenvalue weighted by atomic mass is 10.0. The van der Waals surface area contributed by atoms with E-state index in [0.717, 1.165) is 22.2 Å². The topological polar surface area (TPSA) is 56.2 Å². The molecule has 1 heterocycles. The van der Waals surface area contributed by atoms with Crippen LogP contribution in [0.2, 0.25) is 10.0 Å². The maximum atomic E-state index is 10.2. The monoisotopic (exact) mass is 307 g/mol. The molecule has 0 aliphatic carbocycles. The lowest BCUT2D eigenvalue weighted by Gasteiger charge is -2.11. The van der Waals surface area contributed by atoms with Gasteiger partial charge in [0.1, 0.15) is 11.5 Å². The van der Waals surface area contributed by atoms with Crippen molar-refractivity contribution in [3.05, 3.63) is 46.1 Å². The molecule has 3 aromatic rings. The molecule has 0 bridgehead atoms. The number of aromatic amines is 1. The zero-order valence-corrected chi connectivity index (χ0v) is 12.0. The Hall–Kier alpha value is -1.84. The molecule has 0 amide bonds. The number of aromatic hydroxyl groups is 2. The summed E-state index contributed by atoms with van der Waals surface area (Å²) < 4.78 is 0. The van der Waals surface area contributed by atoms with Crippen molar-refractivity contribution in [1.29, 1.82) is 0 Å². The largest absolute Gasteiger partial charge is 0.506 e. The molecule has 0 unspecified atom stereocenters. The number of H-pyrrole nitrogens is 1. The third-order valence-corrected chi connectivity index (χ3v) is 3.99. The van der Waals surface area contributed by atoms with Crippen LogP contribution in [-0.4, -0.2) is 15.2 Å². The van der Waals surface area contributed by atoms with Gasteiger partial charge in [0, 0.05) is 33.8 Å². The summed E-state index contributed by atoms with van der Waals surface area (Å²) >= 11 is 12.1. The predicted octanol–water partition coefficient (Wildman–Crippen LogP) is 4.86. The molecule has 20 heavy (non-hydrogen) atoms. The smallest absolute Gasteiger partial charge is 0.143 e. The van der Waals surface area contributed by atoms with Crippen molar-refractivity contribution in [2.24, 2.45) is 0 Å². The predicted molar refractivity (Wildman–Crippen MR) is 81.8 cm³/mol. The van der Waals surface area contributed by atoms with Gasteiger partial charge in [-0.1, -0.05) is 41.4 Å². The van der Waals surface area contributed by atoms with Gasteiger partial charge in [0.05, 0.1) is 10.0 Å². The normalized spacial score (nSPS) is 11.2. The molecule has 0 spiro atoms. The number of nitrogens with one attached hydrogen (secondary N) is 1. The minimum atomic E-state index is -0.158. The molecule has 3 rings (SSSR count). The highest BCUT2D eigenvalue weighted by atomic mass is 35.5. The first kappa shape index (κ1) is 13.2. The number of halogens is 2. The van der Waals surface area contributed by atoms with E-state index >= 15 is 0 Å². The number of phenols is 2. The van der Waals surface area contributed by atoms with E-state index in [1.807, 2.05) is 31.2 Å². The molecule has 5 heteroatoms. The second-order valence-electron chi connectivity index (χ2n) is 4.59. The highest BCUT2D eigenvalue weighted by Gasteiger charge is 2.21. The van der Waals surface area contributed by atoms with Crippen molar-refractivity contribution in [2.75, 3.05) is 0 Å². The van der Waals surface area contributed by atoms with Gasteiger partial charge in [0.2, 0.25) is 0 Å². The summed E-state index contributed by atoms with van der Waals surface area (Å²) in [7, 11) is 0. The Bertz CT molecular complexity index is 798. The molecule has 0 aliphatic rings. The van der Waals surface area contributed by atoms with Crippen LogP contribution in [0.25, 0.3) is 22.0 Å². The van der Waals surface area contributed by atoms with Crippen LogP contribution in [0, 0.1) is 6.92 Å². The summed E-state index contributed by atoms with van der Waals surface area (Å²) in [5.41, 5.74) is 2.84. The van der Waals surface area contributed by atoms with Crippen LogP contribution < -0.4 is 0 Å². The van der Waals surface area contributed by atoms with E-state index in [2.05, 4.69) is 4.98 Å². The average molecular weight is 308 g/mol. The van der Waals surface area contributed by atoms with Gasteiger partial charge >= 0.3 is 0 Å². The fourth-order valence-electron chi connectivity index (χ4n) is 2.43. The van der Waals surface area contributed by atoms with Crippen LogP contribution in [-0.2, 0) is 0 Å². The maximum absolute atomic E-state index is 10.2. The minimum absolute atomic E-state index is 0.0616. The van der Waals surface area contributed by atoms with E-state index in [4.69, 9.17) is 23.2 Å². The van der Waals surface area contributed by atoms with E-state index in [-0.39, 0.29) is 21.5 Å². The Balaban J connectivity index is 2.46. The van der Waals surface area contributed by atoms with Gasteiger partial charge in [-0.15, -0.1) is 0 Å². The van der Waals surface area contributed by atoms with Crippen molar-refractivity contribution in [3.63, 3.8) is 0 Å². The van der Waals surface area contributed by atoms with Crippen molar-refractivity contribution in [3.8, 4) is 22.6 Å². The number of benzene rings is 2. The second kappa shape index (κ2) is 4.62. The molecule has 3 N–H and O–H groups in total. The molecule has 0 aliphatic heterocycles. The summed E-state index contributed by atoms with van der Waals surface area (Å²) in [6, 6.07) is 8.89. The molecule has 0 radical (unpaired) electrons. The second-order valence-corrected chi connectivity index (χ2v) is 5.37. The standard InChI is InChI=1S/C15H11Cl2NO2/c1-7-12(8-4-2-3-5-10(8)18-7)13-14(17)11(19)6-9(16)15(13)20/h2-6,18-20H,1H3. The lowest BCUT2D eigenvalue weighted by molar-refractivity contribution is 0.462. The van der Waals surface area contributed by atoms with E-state index in [9.17, 15) is 10.2 Å². The van der Waals surface area contributed by atoms with Crippen molar-refractivity contribution in [2.45, 2.75) is 6.92 Å². The molecule has 0 atom stereocenters. The maximum Gasteiger partial charge on any atom is 0.143 e. The van der Waals surface area contributed by atoms with E-state index < -0.39 is 0 Å². The number of phenolic OH excluding ortho intramolecular Hbond substituents is 2. The molecule has 2 aromatic carbocycles. The first-order chi connectivity index (χ1) is 9.50. The quantitative estimate of drug-likeness (QED) is 0.562. The lowest BCUT2D eigenvalue weighted by Crippen LogP contribution is -1.85. The molecular weight excluding hydrogens is 297 g/mol. The van der Waals surface area contributed by atoms with E-state index in [1.54, 1.807) is 0 Å². The van der Waals surface area contributed by atoms with Gasteiger partial charge in [0.25, 0.3) is 0 Å². The minimum Gasteiger partial charge on any atom is -0.506 e. The molecule has 3 nitrogen and oxygen atoms in total. The summed E-state index contributed by atoms with van der Waals surface area (Å²) in [5, 5.41) is 21.1. The van der Waals surface area contributed by atoms with Gasteiger partial charge in [-0.2, -0.15) is 0 Å². The van der Waals surface area contributed by atoms with Crippen LogP contribution in [0.15, 0.2) is 30.3 Å². The fraction of sp³-hybridized carbons (Fsp3) is 0.0667. The number of hydrogen-bond acceptors (Lipinski definition) is 2. The van der Waals surface area contributed by atoms with Crippen molar-refractivity contribution in [1.82, 2.24) is 4.98 Å². The van der Waals surface area contributed by atoms with Crippen LogP contribution >= 0.6 is 23.2 Å². The molecule has 0 fully saturated rings. The Labute approximate surface area is 125 Å². The van der Waals surface area contributed by atoms with Crippen molar-refractivity contribution >= 4 is 34.1 Å². The Morgan fingerprint density at radius 3 is 2.50 bits per heavy atom. The van der Waals surface area contributed by atoms with Gasteiger partial charge in [-0.3, -0.25) is 0 Å². The van der Waals surface area contributed by atoms with Crippen LogP contribution in [0.3, 0.4) is 0 Å². The van der Waals surface area contributed by atoms with Gasteiger partial charge in [-0.05, 0) is 13.0 Å². The Morgan fingerprint density at radius 2 is 1.75 bits per heavy atom. The third-order valence-electron chi connectivity index (χ3n) is 3.31. The van der Waals surface area contributed by atoms with Gasteiger partial charge in [-0.25, -0.2) is 0 Å². The Morgan fingerprint density at radius 1 is 1.05 bits per heavy atom. The summed E-state index contributed by atoms with van der Waals surface area (Å²) in [6.07, 6.45) is 0. The molecule has 0 saturated carbocycles. The molecule has 102 valence electrons. The number of aryl methyl sites for hydroxylation is 1. The number of rotatable bonds is 1. The van der Waals surface area contributed by atoms with Crippen LogP contribution in [0.1, 0.15) is 5.69 Å². The number of fused-ring (bicyclic) bond motifs is 1. The Kier molecular flexibility index (Phi) is 3.04. The number of para-hydroxylation sites is 1. The molecule has 0 saturated heterocycles. The highest BCUT2D eigenvalue weighted by Crippen LogP contribution is 2.48. The fourth-order valence-corrected chi connectivity index (χ4v) is 2.87. The zero-order chi connectivity index (χ0) is 14.4. The first-order valence-corrected chi connectivity index (χ1v) is 6.74. The average Bonchev–Trinajstić information content (AvgIpc) is 2.74. The first-order valence-electron chi connectivity index (χ1n) is 5.98. The zero-order valence-electron chi connectivity index (χ0n) is 10.5. The summed E-state index contributed by atoms with van der Waals surface area (Å²) in [5.74, 6) is -0.295. The number of aromatic nitrogens is 1. The van der Waals surface area contributed by atoms with E-state index in [0.29, 0.717) is 5.56 Å². The summed E-state index contributed by atoms with van der Waals surface area (Å²) in [4.78, 5) is 3.22.